The minimum atomic E-state index is 0.557. The lowest BCUT2D eigenvalue weighted by atomic mass is 10.2. The fourth-order valence-corrected chi connectivity index (χ4v) is 2.16. The van der Waals surface area contributed by atoms with Crippen LogP contribution in [-0.2, 0) is 6.54 Å². The normalized spacial score (nSPS) is 11.5. The van der Waals surface area contributed by atoms with Crippen molar-refractivity contribution in [1.82, 2.24) is 9.97 Å². The van der Waals surface area contributed by atoms with Crippen molar-refractivity contribution in [3.8, 4) is 0 Å². The first-order chi connectivity index (χ1) is 11.6. The Morgan fingerprint density at radius 1 is 1.25 bits per heavy atom. The molecule has 0 saturated carbocycles. The van der Waals surface area contributed by atoms with Crippen LogP contribution in [0.2, 0.25) is 0 Å². The molecule has 0 bridgehead atoms. The van der Waals surface area contributed by atoms with Crippen LogP contribution >= 0.6 is 0 Å². The molecule has 0 spiro atoms. The van der Waals surface area contributed by atoms with E-state index in [0.717, 1.165) is 29.2 Å². The number of benzene rings is 1. The van der Waals surface area contributed by atoms with Crippen molar-refractivity contribution < 1.29 is 0 Å². The molecule has 124 valence electrons. The van der Waals surface area contributed by atoms with Gasteiger partial charge in [0.15, 0.2) is 0 Å². The lowest BCUT2D eigenvalue weighted by Gasteiger charge is -2.11. The highest BCUT2D eigenvalue weighted by atomic mass is 15.1. The van der Waals surface area contributed by atoms with Crippen LogP contribution in [0.25, 0.3) is 0 Å². The van der Waals surface area contributed by atoms with Crippen LogP contribution in [0.15, 0.2) is 72.6 Å². The van der Waals surface area contributed by atoms with Gasteiger partial charge in [-0.15, -0.1) is 0 Å². The van der Waals surface area contributed by atoms with Crippen LogP contribution in [0, 0.1) is 6.92 Å². The predicted molar refractivity (Wildman–Crippen MR) is 102 cm³/mol. The van der Waals surface area contributed by atoms with Crippen molar-refractivity contribution in [2.75, 3.05) is 10.6 Å². The zero-order chi connectivity index (χ0) is 17.4. The van der Waals surface area contributed by atoms with Gasteiger partial charge in [0, 0.05) is 24.0 Å². The topological polar surface area (TPSA) is 49.8 Å². The lowest BCUT2D eigenvalue weighted by molar-refractivity contribution is 1.06. The standard InChI is InChI=1S/C20H24N4/c1-5-9-18(12-15(2)3)23-20-22-13-16(4)19(24-20)21-14-17-10-7-6-8-11-17/h5-13H,2,14H2,1,3-4H3,(H2,21,22,23,24)/b9-5-,18-12+. The smallest absolute Gasteiger partial charge is 0.229 e. The average Bonchev–Trinajstić information content (AvgIpc) is 2.56. The summed E-state index contributed by atoms with van der Waals surface area (Å²) < 4.78 is 0. The molecule has 1 heterocycles. The summed E-state index contributed by atoms with van der Waals surface area (Å²) in [6.07, 6.45) is 7.70. The molecule has 2 N–H and O–H groups in total. The first-order valence-corrected chi connectivity index (χ1v) is 7.97. The van der Waals surface area contributed by atoms with Gasteiger partial charge in [0.1, 0.15) is 5.82 Å². The molecule has 0 atom stereocenters. The quantitative estimate of drug-likeness (QED) is 0.716. The number of hydrogen-bond acceptors (Lipinski definition) is 4. The number of rotatable bonds is 7. The van der Waals surface area contributed by atoms with E-state index in [1.165, 1.54) is 5.56 Å². The zero-order valence-electron chi connectivity index (χ0n) is 14.5. The largest absolute Gasteiger partial charge is 0.366 e. The Kier molecular flexibility index (Phi) is 6.32. The van der Waals surface area contributed by atoms with Gasteiger partial charge in [0.2, 0.25) is 5.95 Å². The van der Waals surface area contributed by atoms with E-state index in [1.807, 2.05) is 63.4 Å². The predicted octanol–water partition coefficient (Wildman–Crippen LogP) is 4.85. The molecule has 0 unspecified atom stereocenters. The highest BCUT2D eigenvalue weighted by molar-refractivity contribution is 5.50. The molecule has 2 aromatic rings. The number of allylic oxidation sites excluding steroid dienone is 4. The van der Waals surface area contributed by atoms with E-state index in [9.17, 15) is 0 Å². The molecule has 0 aliphatic heterocycles. The van der Waals surface area contributed by atoms with E-state index in [4.69, 9.17) is 0 Å². The lowest BCUT2D eigenvalue weighted by Crippen LogP contribution is -2.08. The van der Waals surface area contributed by atoms with Crippen molar-refractivity contribution in [2.45, 2.75) is 27.3 Å². The second-order valence-electron chi connectivity index (χ2n) is 5.64. The molecule has 1 aromatic heterocycles. The van der Waals surface area contributed by atoms with Crippen LogP contribution in [0.4, 0.5) is 11.8 Å². The Balaban J connectivity index is 2.14. The highest BCUT2D eigenvalue weighted by Gasteiger charge is 2.05. The molecule has 0 aliphatic rings. The number of aryl methyl sites for hydroxylation is 1. The van der Waals surface area contributed by atoms with E-state index < -0.39 is 0 Å². The maximum atomic E-state index is 4.58. The number of nitrogens with one attached hydrogen (secondary N) is 2. The summed E-state index contributed by atoms with van der Waals surface area (Å²) in [7, 11) is 0. The van der Waals surface area contributed by atoms with Gasteiger partial charge in [0.05, 0.1) is 0 Å². The van der Waals surface area contributed by atoms with Crippen molar-refractivity contribution in [2.24, 2.45) is 0 Å². The number of aromatic nitrogens is 2. The SMILES string of the molecule is C=C(C)/C=C(\C=C/C)Nc1ncc(C)c(NCc2ccccc2)n1. The Morgan fingerprint density at radius 2 is 2.00 bits per heavy atom. The average molecular weight is 320 g/mol. The molecular formula is C20H24N4. The maximum absolute atomic E-state index is 4.58. The third-order valence-electron chi connectivity index (χ3n) is 3.28. The molecule has 0 aliphatic carbocycles. The van der Waals surface area contributed by atoms with Gasteiger partial charge >= 0.3 is 0 Å². The number of anilines is 2. The summed E-state index contributed by atoms with van der Waals surface area (Å²) in [6.45, 7) is 10.5. The van der Waals surface area contributed by atoms with E-state index in [1.54, 1.807) is 0 Å². The third kappa shape index (κ3) is 5.39. The molecule has 0 fully saturated rings. The molecule has 4 heteroatoms. The molecule has 0 amide bonds. The first-order valence-electron chi connectivity index (χ1n) is 7.97. The van der Waals surface area contributed by atoms with Crippen LogP contribution in [0.5, 0.6) is 0 Å². The van der Waals surface area contributed by atoms with Crippen molar-refractivity contribution in [3.63, 3.8) is 0 Å². The summed E-state index contributed by atoms with van der Waals surface area (Å²) in [6, 6.07) is 10.2. The maximum Gasteiger partial charge on any atom is 0.229 e. The van der Waals surface area contributed by atoms with Gasteiger partial charge in [-0.25, -0.2) is 4.98 Å². The van der Waals surface area contributed by atoms with Gasteiger partial charge < -0.3 is 10.6 Å². The van der Waals surface area contributed by atoms with Crippen molar-refractivity contribution in [3.05, 3.63) is 83.7 Å². The first kappa shape index (κ1) is 17.5. The van der Waals surface area contributed by atoms with E-state index in [0.29, 0.717) is 5.95 Å². The molecule has 4 nitrogen and oxygen atoms in total. The molecule has 0 radical (unpaired) electrons. The van der Waals surface area contributed by atoms with Gasteiger partial charge in [0.25, 0.3) is 0 Å². The second-order valence-corrected chi connectivity index (χ2v) is 5.64. The fourth-order valence-electron chi connectivity index (χ4n) is 2.16. The summed E-state index contributed by atoms with van der Waals surface area (Å²) in [5.74, 6) is 1.38. The Bertz CT molecular complexity index is 745. The summed E-state index contributed by atoms with van der Waals surface area (Å²) in [5, 5.41) is 6.60. The Hall–Kier alpha value is -2.88. The molecule has 0 saturated heterocycles. The summed E-state index contributed by atoms with van der Waals surface area (Å²) in [5.41, 5.74) is 4.09. The zero-order valence-corrected chi connectivity index (χ0v) is 14.5. The molecule has 24 heavy (non-hydrogen) atoms. The van der Waals surface area contributed by atoms with Gasteiger partial charge in [-0.3, -0.25) is 0 Å². The number of hydrogen-bond donors (Lipinski definition) is 2. The van der Waals surface area contributed by atoms with Crippen molar-refractivity contribution >= 4 is 11.8 Å². The minimum Gasteiger partial charge on any atom is -0.366 e. The summed E-state index contributed by atoms with van der Waals surface area (Å²) >= 11 is 0. The Morgan fingerprint density at radius 3 is 2.67 bits per heavy atom. The monoisotopic (exact) mass is 320 g/mol. The van der Waals surface area contributed by atoms with Crippen LogP contribution in [0.1, 0.15) is 25.0 Å². The van der Waals surface area contributed by atoms with Gasteiger partial charge in [-0.1, -0.05) is 48.6 Å². The summed E-state index contributed by atoms with van der Waals surface area (Å²) in [4.78, 5) is 8.94. The van der Waals surface area contributed by atoms with E-state index in [-0.39, 0.29) is 0 Å². The Labute approximate surface area is 144 Å². The molecule has 2 rings (SSSR count). The number of nitrogens with zero attached hydrogens (tertiary/aromatic N) is 2. The minimum absolute atomic E-state index is 0.557. The van der Waals surface area contributed by atoms with Crippen molar-refractivity contribution in [1.29, 1.82) is 0 Å². The molecule has 1 aromatic carbocycles. The van der Waals surface area contributed by atoms with Crippen LogP contribution in [-0.4, -0.2) is 9.97 Å². The highest BCUT2D eigenvalue weighted by Crippen LogP contribution is 2.15. The van der Waals surface area contributed by atoms with Gasteiger partial charge in [-0.05, 0) is 38.5 Å². The molecular weight excluding hydrogens is 296 g/mol. The van der Waals surface area contributed by atoms with E-state index >= 15 is 0 Å². The van der Waals surface area contributed by atoms with Crippen LogP contribution < -0.4 is 10.6 Å². The fraction of sp³-hybridized carbons (Fsp3) is 0.200. The van der Waals surface area contributed by atoms with Gasteiger partial charge in [-0.2, -0.15) is 4.98 Å². The van der Waals surface area contributed by atoms with Crippen LogP contribution in [0.3, 0.4) is 0 Å². The second kappa shape index (κ2) is 8.67. The third-order valence-corrected chi connectivity index (χ3v) is 3.28. The van der Waals surface area contributed by atoms with E-state index in [2.05, 4.69) is 39.3 Å².